The quantitative estimate of drug-likeness (QED) is 0.735. The molecule has 0 heterocycles. The summed E-state index contributed by atoms with van der Waals surface area (Å²) in [7, 11) is 0. The molecule has 96 valence electrons. The van der Waals surface area contributed by atoms with Crippen LogP contribution >= 0.6 is 35.8 Å². The van der Waals surface area contributed by atoms with E-state index in [0.29, 0.717) is 22.6 Å². The minimum atomic E-state index is 0.469. The van der Waals surface area contributed by atoms with Crippen LogP contribution in [0.2, 0.25) is 10.0 Å². The average molecular weight is 293 g/mol. The molecule has 1 nitrogen and oxygen atoms in total. The van der Waals surface area contributed by atoms with E-state index in [1.165, 1.54) is 0 Å². The Balaban J connectivity index is 2.97. The Bertz CT molecular complexity index is 369. The van der Waals surface area contributed by atoms with Crippen LogP contribution in [0.15, 0.2) is 12.1 Å². The molecule has 0 spiro atoms. The van der Waals surface area contributed by atoms with Gasteiger partial charge in [0.25, 0.3) is 0 Å². The molecule has 1 unspecified atom stereocenters. The number of ether oxygens (including phenoxy) is 1. The summed E-state index contributed by atoms with van der Waals surface area (Å²) < 4.78 is 5.70. The lowest BCUT2D eigenvalue weighted by Crippen LogP contribution is -2.05. The van der Waals surface area contributed by atoms with E-state index < -0.39 is 0 Å². The second kappa shape index (κ2) is 7.40. The summed E-state index contributed by atoms with van der Waals surface area (Å²) in [5.41, 5.74) is 1.07. The lowest BCUT2D eigenvalue weighted by atomic mass is 10.0. The highest BCUT2D eigenvalue weighted by molar-refractivity contribution is 7.80. The van der Waals surface area contributed by atoms with Gasteiger partial charge in [-0.1, -0.05) is 37.0 Å². The lowest BCUT2D eigenvalue weighted by Gasteiger charge is -2.15. The monoisotopic (exact) mass is 292 g/mol. The predicted molar refractivity (Wildman–Crippen MR) is 79.0 cm³/mol. The van der Waals surface area contributed by atoms with Crippen LogP contribution in [0.25, 0.3) is 0 Å². The minimum absolute atomic E-state index is 0.469. The molecular weight excluding hydrogens is 275 g/mol. The van der Waals surface area contributed by atoms with Crippen LogP contribution in [0.4, 0.5) is 0 Å². The highest BCUT2D eigenvalue weighted by atomic mass is 35.5. The molecule has 1 rings (SSSR count). The molecule has 0 N–H and O–H groups in total. The molecule has 0 aliphatic rings. The average Bonchev–Trinajstić information content (AvgIpc) is 2.27. The number of rotatable bonds is 6. The molecule has 1 aromatic rings. The van der Waals surface area contributed by atoms with Crippen molar-refractivity contribution in [3.63, 3.8) is 0 Å². The van der Waals surface area contributed by atoms with Crippen molar-refractivity contribution in [1.82, 2.24) is 0 Å². The first-order valence-corrected chi connectivity index (χ1v) is 7.18. The third kappa shape index (κ3) is 4.61. The Morgan fingerprint density at radius 1 is 1.35 bits per heavy atom. The fraction of sp³-hybridized carbons (Fsp3) is 0.538. The molecule has 0 aliphatic carbocycles. The standard InChI is InChI=1S/C13H18Cl2OS/c1-3-4-16-13-10(5-9(2)8-17)6-11(14)7-12(13)15/h6-7,9,17H,3-5,8H2,1-2H3. The van der Waals surface area contributed by atoms with Crippen molar-refractivity contribution in [3.05, 3.63) is 27.7 Å². The maximum absolute atomic E-state index is 6.17. The second-order valence-corrected chi connectivity index (χ2v) is 5.42. The van der Waals surface area contributed by atoms with Gasteiger partial charge in [0.15, 0.2) is 0 Å². The predicted octanol–water partition coefficient (Wildman–Crippen LogP) is 4.89. The van der Waals surface area contributed by atoms with Crippen LogP contribution in [0, 0.1) is 5.92 Å². The van der Waals surface area contributed by atoms with Gasteiger partial charge in [0.05, 0.1) is 11.6 Å². The summed E-state index contributed by atoms with van der Waals surface area (Å²) in [5.74, 6) is 2.07. The summed E-state index contributed by atoms with van der Waals surface area (Å²) in [6.45, 7) is 4.88. The zero-order valence-corrected chi connectivity index (χ0v) is 12.6. The van der Waals surface area contributed by atoms with Gasteiger partial charge in [0, 0.05) is 5.02 Å². The summed E-state index contributed by atoms with van der Waals surface area (Å²) in [6.07, 6.45) is 1.84. The third-order valence-corrected chi connectivity index (χ3v) is 3.54. The van der Waals surface area contributed by atoms with Gasteiger partial charge in [-0.25, -0.2) is 0 Å². The van der Waals surface area contributed by atoms with E-state index in [1.54, 1.807) is 6.07 Å². The van der Waals surface area contributed by atoms with Gasteiger partial charge in [-0.15, -0.1) is 0 Å². The Morgan fingerprint density at radius 2 is 2.06 bits per heavy atom. The Hall–Kier alpha value is -0.0500. The molecule has 0 fully saturated rings. The number of hydrogen-bond donors (Lipinski definition) is 1. The summed E-state index contributed by atoms with van der Waals surface area (Å²) in [4.78, 5) is 0. The van der Waals surface area contributed by atoms with E-state index >= 15 is 0 Å². The molecule has 4 heteroatoms. The van der Waals surface area contributed by atoms with Crippen LogP contribution in [0.3, 0.4) is 0 Å². The molecule has 0 saturated carbocycles. The first-order chi connectivity index (χ1) is 8.08. The van der Waals surface area contributed by atoms with Crippen molar-refractivity contribution in [2.45, 2.75) is 26.7 Å². The Morgan fingerprint density at radius 3 is 2.65 bits per heavy atom. The highest BCUT2D eigenvalue weighted by Crippen LogP contribution is 2.34. The highest BCUT2D eigenvalue weighted by Gasteiger charge is 2.13. The maximum Gasteiger partial charge on any atom is 0.141 e. The smallest absolute Gasteiger partial charge is 0.141 e. The lowest BCUT2D eigenvalue weighted by molar-refractivity contribution is 0.313. The van der Waals surface area contributed by atoms with E-state index in [9.17, 15) is 0 Å². The van der Waals surface area contributed by atoms with E-state index in [-0.39, 0.29) is 0 Å². The number of halogens is 2. The molecule has 1 aromatic carbocycles. The molecule has 0 amide bonds. The fourth-order valence-electron chi connectivity index (χ4n) is 1.57. The first kappa shape index (κ1) is 15.0. The first-order valence-electron chi connectivity index (χ1n) is 5.80. The van der Waals surface area contributed by atoms with Crippen LogP contribution in [-0.4, -0.2) is 12.4 Å². The number of hydrogen-bond acceptors (Lipinski definition) is 2. The van der Waals surface area contributed by atoms with Crippen molar-refractivity contribution in [2.75, 3.05) is 12.4 Å². The van der Waals surface area contributed by atoms with Gasteiger partial charge in [-0.2, -0.15) is 12.6 Å². The van der Waals surface area contributed by atoms with Crippen molar-refractivity contribution in [1.29, 1.82) is 0 Å². The minimum Gasteiger partial charge on any atom is -0.492 e. The van der Waals surface area contributed by atoms with Crippen molar-refractivity contribution >= 4 is 35.8 Å². The molecule has 1 atom stereocenters. The zero-order chi connectivity index (χ0) is 12.8. The molecule has 0 aromatic heterocycles. The molecule has 17 heavy (non-hydrogen) atoms. The van der Waals surface area contributed by atoms with Crippen LogP contribution < -0.4 is 4.74 Å². The molecule has 0 saturated heterocycles. The van der Waals surface area contributed by atoms with E-state index in [1.807, 2.05) is 6.07 Å². The maximum atomic E-state index is 6.17. The van der Waals surface area contributed by atoms with Crippen LogP contribution in [0.5, 0.6) is 5.75 Å². The number of benzene rings is 1. The van der Waals surface area contributed by atoms with E-state index in [4.69, 9.17) is 27.9 Å². The van der Waals surface area contributed by atoms with Crippen LogP contribution in [0.1, 0.15) is 25.8 Å². The molecule has 0 aliphatic heterocycles. The topological polar surface area (TPSA) is 9.23 Å². The third-order valence-electron chi connectivity index (χ3n) is 2.42. The van der Waals surface area contributed by atoms with Crippen molar-refractivity contribution < 1.29 is 4.74 Å². The second-order valence-electron chi connectivity index (χ2n) is 4.22. The van der Waals surface area contributed by atoms with Crippen molar-refractivity contribution in [3.8, 4) is 5.75 Å². The normalized spacial score (nSPS) is 12.5. The number of thiol groups is 1. The van der Waals surface area contributed by atoms with Gasteiger partial charge < -0.3 is 4.74 Å². The summed E-state index contributed by atoms with van der Waals surface area (Å²) in [5, 5.41) is 1.24. The molecule has 0 radical (unpaired) electrons. The van der Waals surface area contributed by atoms with Gasteiger partial charge in [-0.3, -0.25) is 0 Å². The zero-order valence-electron chi connectivity index (χ0n) is 10.2. The Labute approximate surface area is 119 Å². The fourth-order valence-corrected chi connectivity index (χ4v) is 2.29. The van der Waals surface area contributed by atoms with E-state index in [0.717, 1.165) is 29.9 Å². The van der Waals surface area contributed by atoms with Gasteiger partial charge >= 0.3 is 0 Å². The SMILES string of the molecule is CCCOc1c(Cl)cc(Cl)cc1CC(C)CS. The van der Waals surface area contributed by atoms with Crippen LogP contribution in [-0.2, 0) is 6.42 Å². The largest absolute Gasteiger partial charge is 0.492 e. The summed E-state index contributed by atoms with van der Waals surface area (Å²) in [6, 6.07) is 3.65. The van der Waals surface area contributed by atoms with E-state index in [2.05, 4.69) is 26.5 Å². The van der Waals surface area contributed by atoms with Gasteiger partial charge in [0.2, 0.25) is 0 Å². The van der Waals surface area contributed by atoms with Crippen molar-refractivity contribution in [2.24, 2.45) is 5.92 Å². The molecular formula is C13H18Cl2OS. The van der Waals surface area contributed by atoms with Gasteiger partial charge in [-0.05, 0) is 42.2 Å². The summed E-state index contributed by atoms with van der Waals surface area (Å²) >= 11 is 16.5. The molecule has 0 bridgehead atoms. The van der Waals surface area contributed by atoms with Gasteiger partial charge in [0.1, 0.15) is 5.75 Å². The Kier molecular flexibility index (Phi) is 6.53.